The molecule has 0 aromatic heterocycles. The third-order valence-corrected chi connectivity index (χ3v) is 4.28. The van der Waals surface area contributed by atoms with E-state index in [4.69, 9.17) is 9.73 Å². The van der Waals surface area contributed by atoms with Crippen LogP contribution < -0.4 is 10.6 Å². The molecule has 0 saturated carbocycles. The Balaban J connectivity index is 1.93. The summed E-state index contributed by atoms with van der Waals surface area (Å²) in [6.45, 7) is 8.24. The number of nitrogens with zero attached hydrogens (tertiary/aromatic N) is 2. The Morgan fingerprint density at radius 3 is 2.50 bits per heavy atom. The highest BCUT2D eigenvalue weighted by Gasteiger charge is 2.21. The average molecular weight is 362 g/mol. The molecule has 2 rings (SSSR count). The number of guanidine groups is 1. The SMILES string of the molecule is CCNC(=NCc1ccc(NC(=O)OC)cc1)N1CCC(OCC)CC1. The Kier molecular flexibility index (Phi) is 8.21. The standard InChI is InChI=1S/C19H30N4O3/c1-4-20-18(23-12-10-17(11-13-23)26-5-2)21-14-15-6-8-16(9-7-15)22-19(24)25-3/h6-9,17H,4-5,10-14H2,1-3H3,(H,20,21)(H,22,24). The molecule has 1 heterocycles. The second-order valence-corrected chi connectivity index (χ2v) is 6.13. The zero-order valence-electron chi connectivity index (χ0n) is 16.0. The molecule has 26 heavy (non-hydrogen) atoms. The predicted octanol–water partition coefficient (Wildman–Crippen LogP) is 2.83. The van der Waals surface area contributed by atoms with Gasteiger partial charge in [0.15, 0.2) is 5.96 Å². The summed E-state index contributed by atoms with van der Waals surface area (Å²) in [5, 5.41) is 6.02. The zero-order valence-corrected chi connectivity index (χ0v) is 16.0. The summed E-state index contributed by atoms with van der Waals surface area (Å²) in [7, 11) is 1.35. The highest BCUT2D eigenvalue weighted by Crippen LogP contribution is 2.15. The fourth-order valence-electron chi connectivity index (χ4n) is 2.92. The van der Waals surface area contributed by atoms with Gasteiger partial charge in [0.05, 0.1) is 19.8 Å². The topological polar surface area (TPSA) is 75.2 Å². The Bertz CT molecular complexity index is 581. The number of anilines is 1. The van der Waals surface area contributed by atoms with Crippen LogP contribution in [0.4, 0.5) is 10.5 Å². The van der Waals surface area contributed by atoms with Crippen molar-refractivity contribution in [3.8, 4) is 0 Å². The van der Waals surface area contributed by atoms with Gasteiger partial charge in [-0.25, -0.2) is 9.79 Å². The maximum Gasteiger partial charge on any atom is 0.411 e. The number of nitrogens with one attached hydrogen (secondary N) is 2. The molecule has 1 aromatic carbocycles. The van der Waals surface area contributed by atoms with Gasteiger partial charge in [-0.1, -0.05) is 12.1 Å². The van der Waals surface area contributed by atoms with Crippen LogP contribution >= 0.6 is 0 Å². The summed E-state index contributed by atoms with van der Waals surface area (Å²) in [6.07, 6.45) is 1.97. The lowest BCUT2D eigenvalue weighted by Crippen LogP contribution is -2.47. The van der Waals surface area contributed by atoms with E-state index in [1.54, 1.807) is 0 Å². The van der Waals surface area contributed by atoms with Crippen LogP contribution in [0.5, 0.6) is 0 Å². The van der Waals surface area contributed by atoms with Gasteiger partial charge >= 0.3 is 6.09 Å². The van der Waals surface area contributed by atoms with E-state index < -0.39 is 6.09 Å². The van der Waals surface area contributed by atoms with E-state index in [1.807, 2.05) is 31.2 Å². The van der Waals surface area contributed by atoms with Crippen LogP contribution in [0, 0.1) is 0 Å². The highest BCUT2D eigenvalue weighted by atomic mass is 16.5. The van der Waals surface area contributed by atoms with Crippen LogP contribution in [0.3, 0.4) is 0 Å². The molecule has 1 aromatic rings. The molecule has 0 unspecified atom stereocenters. The quantitative estimate of drug-likeness (QED) is 0.601. The summed E-state index contributed by atoms with van der Waals surface area (Å²) < 4.78 is 10.3. The number of methoxy groups -OCH3 is 1. The smallest absolute Gasteiger partial charge is 0.411 e. The lowest BCUT2D eigenvalue weighted by Gasteiger charge is -2.34. The van der Waals surface area contributed by atoms with Gasteiger partial charge in [0.25, 0.3) is 0 Å². The molecular weight excluding hydrogens is 332 g/mol. The van der Waals surface area contributed by atoms with Gasteiger partial charge in [-0.3, -0.25) is 5.32 Å². The van der Waals surface area contributed by atoms with Gasteiger partial charge in [0, 0.05) is 31.9 Å². The number of carbonyl (C=O) groups is 1. The van der Waals surface area contributed by atoms with E-state index in [0.717, 1.165) is 50.6 Å². The minimum Gasteiger partial charge on any atom is -0.453 e. The number of rotatable bonds is 6. The number of hydrogen-bond donors (Lipinski definition) is 2. The molecule has 1 fully saturated rings. The third kappa shape index (κ3) is 6.22. The van der Waals surface area contributed by atoms with Crippen molar-refractivity contribution in [2.24, 2.45) is 4.99 Å². The molecule has 0 atom stereocenters. The minimum absolute atomic E-state index is 0.369. The Morgan fingerprint density at radius 1 is 1.23 bits per heavy atom. The maximum absolute atomic E-state index is 11.2. The van der Waals surface area contributed by atoms with Crippen LogP contribution in [0.15, 0.2) is 29.3 Å². The molecular formula is C19H30N4O3. The van der Waals surface area contributed by atoms with Gasteiger partial charge < -0.3 is 19.7 Å². The Hall–Kier alpha value is -2.28. The molecule has 0 aliphatic carbocycles. The van der Waals surface area contributed by atoms with Gasteiger partial charge in [0.2, 0.25) is 0 Å². The van der Waals surface area contributed by atoms with Crippen LogP contribution in [-0.2, 0) is 16.0 Å². The summed E-state index contributed by atoms with van der Waals surface area (Å²) in [5.41, 5.74) is 1.79. The van der Waals surface area contributed by atoms with Crippen molar-refractivity contribution in [2.45, 2.75) is 39.3 Å². The Labute approximate surface area is 155 Å². The van der Waals surface area contributed by atoms with Crippen molar-refractivity contribution < 1.29 is 14.3 Å². The van der Waals surface area contributed by atoms with E-state index in [9.17, 15) is 4.79 Å². The average Bonchev–Trinajstić information content (AvgIpc) is 2.67. The first-order valence-electron chi connectivity index (χ1n) is 9.25. The number of piperidine rings is 1. The van der Waals surface area contributed by atoms with Crippen LogP contribution in [0.2, 0.25) is 0 Å². The van der Waals surface area contributed by atoms with E-state index in [-0.39, 0.29) is 0 Å². The molecule has 7 heteroatoms. The normalized spacial score (nSPS) is 15.7. The van der Waals surface area contributed by atoms with Crippen LogP contribution in [0.1, 0.15) is 32.3 Å². The number of ether oxygens (including phenoxy) is 2. The first-order valence-corrected chi connectivity index (χ1v) is 9.25. The fraction of sp³-hybridized carbons (Fsp3) is 0.579. The lowest BCUT2D eigenvalue weighted by atomic mass is 10.1. The van der Waals surface area contributed by atoms with Crippen LogP contribution in [-0.4, -0.2) is 56.4 Å². The lowest BCUT2D eigenvalue weighted by molar-refractivity contribution is 0.0263. The van der Waals surface area contributed by atoms with Crippen molar-refractivity contribution >= 4 is 17.7 Å². The third-order valence-electron chi connectivity index (χ3n) is 4.28. The molecule has 144 valence electrons. The van der Waals surface area contributed by atoms with E-state index in [0.29, 0.717) is 18.3 Å². The predicted molar refractivity (Wildman–Crippen MR) is 104 cm³/mol. The van der Waals surface area contributed by atoms with E-state index in [1.165, 1.54) is 7.11 Å². The second-order valence-electron chi connectivity index (χ2n) is 6.13. The van der Waals surface area contributed by atoms with Crippen LogP contribution in [0.25, 0.3) is 0 Å². The van der Waals surface area contributed by atoms with Crippen molar-refractivity contribution in [1.82, 2.24) is 10.2 Å². The number of amides is 1. The summed E-state index contributed by atoms with van der Waals surface area (Å²) >= 11 is 0. The molecule has 1 amide bonds. The number of hydrogen-bond acceptors (Lipinski definition) is 4. The van der Waals surface area contributed by atoms with Crippen molar-refractivity contribution in [3.05, 3.63) is 29.8 Å². The molecule has 0 bridgehead atoms. The number of carbonyl (C=O) groups excluding carboxylic acids is 1. The zero-order chi connectivity index (χ0) is 18.8. The van der Waals surface area contributed by atoms with Gasteiger partial charge in [-0.2, -0.15) is 0 Å². The second kappa shape index (κ2) is 10.7. The molecule has 7 nitrogen and oxygen atoms in total. The first kappa shape index (κ1) is 20.0. The van der Waals surface area contributed by atoms with E-state index in [2.05, 4.69) is 27.2 Å². The van der Waals surface area contributed by atoms with Gasteiger partial charge in [-0.15, -0.1) is 0 Å². The molecule has 1 aliphatic rings. The van der Waals surface area contributed by atoms with Gasteiger partial charge in [0.1, 0.15) is 0 Å². The highest BCUT2D eigenvalue weighted by molar-refractivity contribution is 5.84. The molecule has 1 aliphatic heterocycles. The number of benzene rings is 1. The summed E-state index contributed by atoms with van der Waals surface area (Å²) in [5.74, 6) is 0.944. The Morgan fingerprint density at radius 2 is 1.92 bits per heavy atom. The molecule has 2 N–H and O–H groups in total. The maximum atomic E-state index is 11.2. The molecule has 0 radical (unpaired) electrons. The largest absolute Gasteiger partial charge is 0.453 e. The minimum atomic E-state index is -0.472. The van der Waals surface area contributed by atoms with Crippen molar-refractivity contribution in [1.29, 1.82) is 0 Å². The number of likely N-dealkylation sites (tertiary alicyclic amines) is 1. The summed E-state index contributed by atoms with van der Waals surface area (Å²) in [6, 6.07) is 7.61. The number of aliphatic imine (C=N–C) groups is 1. The fourth-order valence-corrected chi connectivity index (χ4v) is 2.92. The molecule has 1 saturated heterocycles. The van der Waals surface area contributed by atoms with Crippen molar-refractivity contribution in [3.63, 3.8) is 0 Å². The monoisotopic (exact) mass is 362 g/mol. The van der Waals surface area contributed by atoms with Gasteiger partial charge in [-0.05, 0) is 44.4 Å². The molecule has 0 spiro atoms. The van der Waals surface area contributed by atoms with Crippen molar-refractivity contribution in [2.75, 3.05) is 38.7 Å². The van der Waals surface area contributed by atoms with E-state index >= 15 is 0 Å². The first-order chi connectivity index (χ1) is 12.7. The summed E-state index contributed by atoms with van der Waals surface area (Å²) in [4.78, 5) is 18.3.